The van der Waals surface area contributed by atoms with Crippen LogP contribution < -0.4 is 4.74 Å². The van der Waals surface area contributed by atoms with Gasteiger partial charge < -0.3 is 9.84 Å². The van der Waals surface area contributed by atoms with E-state index in [1.165, 1.54) is 13.2 Å². The van der Waals surface area contributed by atoms with Gasteiger partial charge in [0.15, 0.2) is 0 Å². The van der Waals surface area contributed by atoms with E-state index in [4.69, 9.17) is 4.74 Å². The van der Waals surface area contributed by atoms with Crippen LogP contribution in [0, 0.1) is 0 Å². The third-order valence-electron chi connectivity index (χ3n) is 3.43. The van der Waals surface area contributed by atoms with Crippen molar-refractivity contribution in [2.24, 2.45) is 0 Å². The smallest absolute Gasteiger partial charge is 0.336 e. The van der Waals surface area contributed by atoms with Crippen LogP contribution in [0.15, 0.2) is 54.9 Å². The second-order valence-electron chi connectivity index (χ2n) is 4.62. The molecule has 0 saturated carbocycles. The fourth-order valence-electron chi connectivity index (χ4n) is 2.41. The maximum Gasteiger partial charge on any atom is 0.336 e. The van der Waals surface area contributed by atoms with Crippen LogP contribution in [0.5, 0.6) is 5.75 Å². The number of pyridine rings is 1. The van der Waals surface area contributed by atoms with E-state index in [0.29, 0.717) is 11.3 Å². The lowest BCUT2D eigenvalue weighted by atomic mass is 9.95. The number of ether oxygens (including phenoxy) is 1. The average Bonchev–Trinajstić information content (AvgIpc) is 2.53. The van der Waals surface area contributed by atoms with Crippen LogP contribution >= 0.6 is 0 Å². The summed E-state index contributed by atoms with van der Waals surface area (Å²) in [6, 6.07) is 12.8. The Kier molecular flexibility index (Phi) is 3.28. The zero-order chi connectivity index (χ0) is 14.8. The molecular weight excluding hydrogens is 266 g/mol. The zero-order valence-electron chi connectivity index (χ0n) is 11.4. The molecule has 4 nitrogen and oxygen atoms in total. The van der Waals surface area contributed by atoms with Crippen molar-refractivity contribution in [2.45, 2.75) is 0 Å². The molecule has 2 aromatic carbocycles. The first-order valence-electron chi connectivity index (χ1n) is 6.45. The minimum absolute atomic E-state index is 0.214. The van der Waals surface area contributed by atoms with E-state index >= 15 is 0 Å². The largest absolute Gasteiger partial charge is 0.497 e. The fourth-order valence-corrected chi connectivity index (χ4v) is 2.41. The summed E-state index contributed by atoms with van der Waals surface area (Å²) in [6.45, 7) is 0. The molecule has 104 valence electrons. The number of carbonyl (C=O) groups is 1. The average molecular weight is 279 g/mol. The van der Waals surface area contributed by atoms with Gasteiger partial charge in [0.2, 0.25) is 0 Å². The molecule has 0 unspecified atom stereocenters. The van der Waals surface area contributed by atoms with Crippen molar-refractivity contribution in [1.82, 2.24) is 4.98 Å². The minimum Gasteiger partial charge on any atom is -0.497 e. The van der Waals surface area contributed by atoms with E-state index in [-0.39, 0.29) is 5.56 Å². The number of hydrogen-bond acceptors (Lipinski definition) is 3. The summed E-state index contributed by atoms with van der Waals surface area (Å²) in [5.41, 5.74) is 1.72. The standard InChI is InChI=1S/C17H13NO3/c1-21-12-5-6-14(15(9-12)17(19)20)13-4-2-3-11-7-8-18-10-16(11)13/h2-10H,1H3,(H,19,20). The predicted octanol–water partition coefficient (Wildman–Crippen LogP) is 3.61. The van der Waals surface area contributed by atoms with E-state index in [2.05, 4.69) is 4.98 Å². The van der Waals surface area contributed by atoms with Crippen LogP contribution in [0.4, 0.5) is 0 Å². The van der Waals surface area contributed by atoms with Gasteiger partial charge in [-0.2, -0.15) is 0 Å². The molecule has 0 aliphatic carbocycles. The van der Waals surface area contributed by atoms with Gasteiger partial charge in [0.05, 0.1) is 12.7 Å². The van der Waals surface area contributed by atoms with Gasteiger partial charge in [-0.1, -0.05) is 18.2 Å². The Labute approximate surface area is 121 Å². The monoisotopic (exact) mass is 279 g/mol. The van der Waals surface area contributed by atoms with Crippen molar-refractivity contribution in [2.75, 3.05) is 7.11 Å². The summed E-state index contributed by atoms with van der Waals surface area (Å²) in [4.78, 5) is 15.7. The molecule has 0 saturated heterocycles. The van der Waals surface area contributed by atoms with Gasteiger partial charge in [-0.25, -0.2) is 4.79 Å². The van der Waals surface area contributed by atoms with Crippen molar-refractivity contribution in [1.29, 1.82) is 0 Å². The Bertz CT molecular complexity index is 822. The van der Waals surface area contributed by atoms with E-state index in [0.717, 1.165) is 16.3 Å². The molecule has 0 amide bonds. The lowest BCUT2D eigenvalue weighted by molar-refractivity contribution is 0.0697. The van der Waals surface area contributed by atoms with Crippen molar-refractivity contribution in [3.05, 3.63) is 60.4 Å². The molecule has 0 aliphatic rings. The number of aromatic carboxylic acids is 1. The molecule has 0 aliphatic heterocycles. The lowest BCUT2D eigenvalue weighted by Crippen LogP contribution is -2.00. The molecule has 3 aromatic rings. The van der Waals surface area contributed by atoms with Gasteiger partial charge in [-0.15, -0.1) is 0 Å². The van der Waals surface area contributed by atoms with Crippen molar-refractivity contribution in [3.8, 4) is 16.9 Å². The zero-order valence-corrected chi connectivity index (χ0v) is 11.4. The first kappa shape index (κ1) is 13.1. The Morgan fingerprint density at radius 2 is 2.00 bits per heavy atom. The molecule has 21 heavy (non-hydrogen) atoms. The third-order valence-corrected chi connectivity index (χ3v) is 3.43. The summed E-state index contributed by atoms with van der Waals surface area (Å²) >= 11 is 0. The number of fused-ring (bicyclic) bond motifs is 1. The summed E-state index contributed by atoms with van der Waals surface area (Å²) in [5.74, 6) is -0.459. The molecule has 0 radical (unpaired) electrons. The van der Waals surface area contributed by atoms with Gasteiger partial charge in [0.25, 0.3) is 0 Å². The number of nitrogens with zero attached hydrogens (tertiary/aromatic N) is 1. The van der Waals surface area contributed by atoms with E-state index in [1.54, 1.807) is 24.5 Å². The van der Waals surface area contributed by atoms with Crippen LogP contribution in [0.25, 0.3) is 21.9 Å². The summed E-state index contributed by atoms with van der Waals surface area (Å²) in [5, 5.41) is 11.4. The number of rotatable bonds is 3. The van der Waals surface area contributed by atoms with Gasteiger partial charge in [-0.05, 0) is 40.8 Å². The second kappa shape index (κ2) is 5.25. The SMILES string of the molecule is COc1ccc(-c2cccc3ccncc23)c(C(=O)O)c1. The quantitative estimate of drug-likeness (QED) is 0.795. The summed E-state index contributed by atoms with van der Waals surface area (Å²) in [6.07, 6.45) is 3.47. The molecule has 0 fully saturated rings. The Hall–Kier alpha value is -2.88. The van der Waals surface area contributed by atoms with Crippen LogP contribution in [0.3, 0.4) is 0 Å². The second-order valence-corrected chi connectivity index (χ2v) is 4.62. The van der Waals surface area contributed by atoms with Gasteiger partial charge >= 0.3 is 5.97 Å². The first-order chi connectivity index (χ1) is 10.2. The van der Waals surface area contributed by atoms with Crippen LogP contribution in [0.1, 0.15) is 10.4 Å². The molecule has 4 heteroatoms. The van der Waals surface area contributed by atoms with Crippen molar-refractivity contribution in [3.63, 3.8) is 0 Å². The number of carboxylic acid groups (broad SMARTS) is 1. The van der Waals surface area contributed by atoms with E-state index in [1.807, 2.05) is 24.3 Å². The lowest BCUT2D eigenvalue weighted by Gasteiger charge is -2.11. The van der Waals surface area contributed by atoms with Crippen molar-refractivity contribution < 1.29 is 14.6 Å². The van der Waals surface area contributed by atoms with Crippen molar-refractivity contribution >= 4 is 16.7 Å². The number of methoxy groups -OCH3 is 1. The molecule has 1 N–H and O–H groups in total. The minimum atomic E-state index is -0.982. The molecule has 0 spiro atoms. The Morgan fingerprint density at radius 3 is 2.76 bits per heavy atom. The number of aromatic nitrogens is 1. The highest BCUT2D eigenvalue weighted by Crippen LogP contribution is 2.32. The normalized spacial score (nSPS) is 10.5. The third kappa shape index (κ3) is 2.31. The topological polar surface area (TPSA) is 59.4 Å². The number of benzene rings is 2. The molecule has 1 aromatic heterocycles. The molecule has 0 bridgehead atoms. The molecule has 3 rings (SSSR count). The highest BCUT2D eigenvalue weighted by molar-refractivity contribution is 6.03. The van der Waals surface area contributed by atoms with E-state index in [9.17, 15) is 9.90 Å². The fraction of sp³-hybridized carbons (Fsp3) is 0.0588. The van der Waals surface area contributed by atoms with Gasteiger partial charge in [0.1, 0.15) is 5.75 Å². The predicted molar refractivity (Wildman–Crippen MR) is 80.7 cm³/mol. The Balaban J connectivity index is 2.30. The number of carboxylic acids is 1. The maximum absolute atomic E-state index is 11.5. The maximum atomic E-state index is 11.5. The highest BCUT2D eigenvalue weighted by atomic mass is 16.5. The summed E-state index contributed by atoms with van der Waals surface area (Å²) < 4.78 is 5.11. The first-order valence-corrected chi connectivity index (χ1v) is 6.45. The number of hydrogen-bond donors (Lipinski definition) is 1. The summed E-state index contributed by atoms with van der Waals surface area (Å²) in [7, 11) is 1.52. The molecule has 0 atom stereocenters. The van der Waals surface area contributed by atoms with Crippen LogP contribution in [-0.4, -0.2) is 23.2 Å². The van der Waals surface area contributed by atoms with Gasteiger partial charge in [0, 0.05) is 17.8 Å². The molecule has 1 heterocycles. The molecular formula is C17H13NO3. The Morgan fingerprint density at radius 1 is 1.14 bits per heavy atom. The van der Waals surface area contributed by atoms with Crippen LogP contribution in [0.2, 0.25) is 0 Å². The van der Waals surface area contributed by atoms with Gasteiger partial charge in [-0.3, -0.25) is 4.98 Å². The highest BCUT2D eigenvalue weighted by Gasteiger charge is 2.15. The van der Waals surface area contributed by atoms with E-state index < -0.39 is 5.97 Å². The van der Waals surface area contributed by atoms with Crippen LogP contribution in [-0.2, 0) is 0 Å².